The number of thiophene rings is 1. The average molecular weight is 544 g/mol. The van der Waals surface area contributed by atoms with Gasteiger partial charge in [0.1, 0.15) is 6.61 Å². The van der Waals surface area contributed by atoms with Gasteiger partial charge in [0, 0.05) is 48.7 Å². The van der Waals surface area contributed by atoms with E-state index in [-0.39, 0.29) is 11.7 Å². The first kappa shape index (κ1) is 25.1. The second kappa shape index (κ2) is 10.5. The molecule has 4 heterocycles. The summed E-state index contributed by atoms with van der Waals surface area (Å²) in [7, 11) is 1.93. The lowest BCUT2D eigenvalue weighted by Crippen LogP contribution is -2.27. The van der Waals surface area contributed by atoms with E-state index in [9.17, 15) is 14.7 Å². The van der Waals surface area contributed by atoms with Crippen molar-refractivity contribution in [1.82, 2.24) is 14.0 Å². The number of para-hydroxylation sites is 3. The van der Waals surface area contributed by atoms with E-state index in [0.29, 0.717) is 55.6 Å². The molecule has 0 radical (unpaired) electrons. The number of carbonyl (C=O) groups excluding carboxylic acids is 1. The van der Waals surface area contributed by atoms with Crippen LogP contribution < -0.4 is 9.47 Å². The molecule has 200 valence electrons. The molecule has 0 bridgehead atoms. The maximum atomic E-state index is 13.6. The molecule has 0 aliphatic carbocycles. The van der Waals surface area contributed by atoms with Crippen molar-refractivity contribution in [3.05, 3.63) is 83.5 Å². The zero-order valence-electron chi connectivity index (χ0n) is 21.6. The number of fused-ring (bicyclic) bond motifs is 2. The van der Waals surface area contributed by atoms with E-state index in [0.717, 1.165) is 27.5 Å². The van der Waals surface area contributed by atoms with Crippen LogP contribution in [0.5, 0.6) is 11.5 Å². The van der Waals surface area contributed by atoms with E-state index >= 15 is 0 Å². The van der Waals surface area contributed by atoms with Crippen LogP contribution in [0.15, 0.2) is 72.2 Å². The van der Waals surface area contributed by atoms with Crippen molar-refractivity contribution >= 4 is 44.3 Å². The highest BCUT2D eigenvalue weighted by atomic mass is 32.1. The van der Waals surface area contributed by atoms with Crippen molar-refractivity contribution in [2.45, 2.75) is 13.0 Å². The van der Waals surface area contributed by atoms with Crippen molar-refractivity contribution in [1.29, 1.82) is 0 Å². The van der Waals surface area contributed by atoms with Gasteiger partial charge in [-0.1, -0.05) is 30.3 Å². The van der Waals surface area contributed by atoms with Crippen LogP contribution >= 0.6 is 11.3 Å². The molecule has 0 spiro atoms. The van der Waals surface area contributed by atoms with Gasteiger partial charge in [-0.25, -0.2) is 4.79 Å². The molecule has 3 aromatic heterocycles. The van der Waals surface area contributed by atoms with Crippen molar-refractivity contribution in [2.75, 3.05) is 26.3 Å². The van der Waals surface area contributed by atoms with Crippen LogP contribution in [-0.2, 0) is 13.6 Å². The van der Waals surface area contributed by atoms with Gasteiger partial charge in [0.05, 0.1) is 29.1 Å². The number of nitrogens with zero attached hydrogens (tertiary/aromatic N) is 3. The monoisotopic (exact) mass is 543 g/mol. The Kier molecular flexibility index (Phi) is 6.74. The molecule has 1 N–H and O–H groups in total. The van der Waals surface area contributed by atoms with E-state index in [1.54, 1.807) is 11.3 Å². The Balaban J connectivity index is 1.15. The van der Waals surface area contributed by atoms with Gasteiger partial charge in [-0.2, -0.15) is 0 Å². The minimum atomic E-state index is -0.882. The Morgan fingerprint density at radius 1 is 1.03 bits per heavy atom. The van der Waals surface area contributed by atoms with E-state index < -0.39 is 6.09 Å². The predicted octanol–water partition coefficient (Wildman–Crippen LogP) is 5.88. The number of benzene rings is 2. The fourth-order valence-electron chi connectivity index (χ4n) is 5.31. The number of ether oxygens (including phenoxy) is 2. The first-order chi connectivity index (χ1) is 19.0. The zero-order valence-corrected chi connectivity index (χ0v) is 22.4. The molecule has 1 aliphatic rings. The van der Waals surface area contributed by atoms with Gasteiger partial charge in [-0.3, -0.25) is 4.79 Å². The summed E-state index contributed by atoms with van der Waals surface area (Å²) in [5.74, 6) is 1.45. The van der Waals surface area contributed by atoms with Gasteiger partial charge in [0.25, 0.3) is 0 Å². The molecule has 9 heteroatoms. The number of carboxylic acid groups (broad SMARTS) is 1. The summed E-state index contributed by atoms with van der Waals surface area (Å²) >= 11 is 1.63. The lowest BCUT2D eigenvalue weighted by Gasteiger charge is -2.16. The summed E-state index contributed by atoms with van der Waals surface area (Å²) < 4.78 is 17.3. The van der Waals surface area contributed by atoms with Crippen molar-refractivity contribution in [2.24, 2.45) is 13.0 Å². The van der Waals surface area contributed by atoms with Crippen LogP contribution in [-0.4, -0.2) is 57.3 Å². The highest BCUT2D eigenvalue weighted by molar-refractivity contribution is 7.17. The first-order valence-electron chi connectivity index (χ1n) is 13.0. The number of aromatic nitrogens is 2. The molecular weight excluding hydrogens is 514 g/mol. The van der Waals surface area contributed by atoms with Crippen molar-refractivity contribution < 1.29 is 24.2 Å². The van der Waals surface area contributed by atoms with Crippen molar-refractivity contribution in [3.63, 3.8) is 0 Å². The third-order valence-electron chi connectivity index (χ3n) is 7.40. The standard InChI is InChI=1S/C30H29N3O5S/c1-31-24-11-15-39-28(24)16-25(31)29(34)22-18-32(23-7-3-2-6-21(22)23)13-14-37-26-8-4-5-9-27(26)38-19-20-10-12-33(17-20)30(35)36/h2-9,11,15-16,18,20H,10,12-14,17,19H2,1H3,(H,35,36). The van der Waals surface area contributed by atoms with E-state index in [1.165, 1.54) is 4.90 Å². The second-order valence-corrected chi connectivity index (χ2v) is 10.8. The van der Waals surface area contributed by atoms with Gasteiger partial charge >= 0.3 is 6.09 Å². The van der Waals surface area contributed by atoms with E-state index in [2.05, 4.69) is 4.57 Å². The van der Waals surface area contributed by atoms with Crippen molar-refractivity contribution in [3.8, 4) is 11.5 Å². The molecule has 1 unspecified atom stereocenters. The maximum absolute atomic E-state index is 13.6. The Morgan fingerprint density at radius 2 is 1.79 bits per heavy atom. The highest BCUT2D eigenvalue weighted by Gasteiger charge is 2.26. The number of amides is 1. The van der Waals surface area contributed by atoms with Gasteiger partial charge < -0.3 is 28.6 Å². The van der Waals surface area contributed by atoms with Gasteiger partial charge in [0.15, 0.2) is 11.5 Å². The fourth-order valence-corrected chi connectivity index (χ4v) is 6.16. The summed E-state index contributed by atoms with van der Waals surface area (Å²) in [6.45, 7) is 2.42. The van der Waals surface area contributed by atoms with E-state index in [1.807, 2.05) is 83.9 Å². The third-order valence-corrected chi connectivity index (χ3v) is 8.25. The summed E-state index contributed by atoms with van der Waals surface area (Å²) in [4.78, 5) is 26.2. The van der Waals surface area contributed by atoms with E-state index in [4.69, 9.17) is 9.47 Å². The lowest BCUT2D eigenvalue weighted by molar-refractivity contribution is 0.103. The molecule has 8 nitrogen and oxygen atoms in total. The fraction of sp³-hybridized carbons (Fsp3) is 0.267. The molecule has 2 aromatic carbocycles. The normalized spacial score (nSPS) is 15.3. The second-order valence-electron chi connectivity index (χ2n) is 9.83. The number of hydrogen-bond donors (Lipinski definition) is 1. The molecule has 1 atom stereocenters. The van der Waals surface area contributed by atoms with Crippen LogP contribution in [0.1, 0.15) is 22.5 Å². The summed E-state index contributed by atoms with van der Waals surface area (Å²) in [5, 5.41) is 12.1. The molecule has 1 saturated heterocycles. The number of ketones is 1. The number of carbonyl (C=O) groups is 2. The first-order valence-corrected chi connectivity index (χ1v) is 13.9. The Hall–Kier alpha value is -4.24. The minimum absolute atomic E-state index is 0.00360. The zero-order chi connectivity index (χ0) is 26.9. The smallest absolute Gasteiger partial charge is 0.407 e. The minimum Gasteiger partial charge on any atom is -0.489 e. The Morgan fingerprint density at radius 3 is 2.56 bits per heavy atom. The van der Waals surface area contributed by atoms with Crippen LogP contribution in [0.25, 0.3) is 21.1 Å². The predicted molar refractivity (Wildman–Crippen MR) is 151 cm³/mol. The molecule has 39 heavy (non-hydrogen) atoms. The summed E-state index contributed by atoms with van der Waals surface area (Å²) in [6, 6.07) is 19.5. The molecule has 1 fully saturated rings. The molecular formula is C30H29N3O5S. The number of aryl methyl sites for hydroxylation is 1. The Labute approximate surface area is 229 Å². The van der Waals surface area contributed by atoms with Gasteiger partial charge in [0.2, 0.25) is 5.78 Å². The van der Waals surface area contributed by atoms with Crippen LogP contribution in [0.3, 0.4) is 0 Å². The lowest BCUT2D eigenvalue weighted by atomic mass is 10.1. The molecule has 5 aromatic rings. The molecule has 0 saturated carbocycles. The largest absolute Gasteiger partial charge is 0.489 e. The van der Waals surface area contributed by atoms with Gasteiger partial charge in [-0.05, 0) is 42.1 Å². The highest BCUT2D eigenvalue weighted by Crippen LogP contribution is 2.30. The number of hydrogen-bond acceptors (Lipinski definition) is 5. The summed E-state index contributed by atoms with van der Waals surface area (Å²) in [6.07, 6.45) is 1.83. The quantitative estimate of drug-likeness (QED) is 0.235. The molecule has 1 amide bonds. The molecule has 1 aliphatic heterocycles. The van der Waals surface area contributed by atoms with Crippen LogP contribution in [0.2, 0.25) is 0 Å². The number of rotatable bonds is 9. The average Bonchev–Trinajstić information content (AvgIpc) is 3.73. The summed E-state index contributed by atoms with van der Waals surface area (Å²) in [5.41, 5.74) is 3.40. The molecule has 6 rings (SSSR count). The SMILES string of the molecule is Cn1c(C(=O)c2cn(CCOc3ccccc3OCC3CCN(C(=O)O)C3)c3ccccc23)cc2sccc21. The van der Waals surface area contributed by atoms with Crippen LogP contribution in [0.4, 0.5) is 4.79 Å². The maximum Gasteiger partial charge on any atom is 0.407 e. The van der Waals surface area contributed by atoms with Gasteiger partial charge in [-0.15, -0.1) is 11.3 Å². The number of likely N-dealkylation sites (tertiary alicyclic amines) is 1. The third kappa shape index (κ3) is 4.85. The Bertz CT molecular complexity index is 1670. The van der Waals surface area contributed by atoms with Crippen LogP contribution in [0, 0.1) is 5.92 Å². The topological polar surface area (TPSA) is 85.9 Å².